The SMILES string of the molecule is C#CCN(Cc1ccc2nc(C)n(C)c(=O)c2c1)c1ccc(C(=O)NCc2cccnc2)cc1. The Labute approximate surface area is 198 Å². The molecular weight excluding hydrogens is 426 g/mol. The van der Waals surface area contributed by atoms with Gasteiger partial charge in [0, 0.05) is 43.8 Å². The van der Waals surface area contributed by atoms with E-state index in [1.165, 1.54) is 0 Å². The molecule has 4 rings (SSSR count). The second-order valence-corrected chi connectivity index (χ2v) is 8.03. The Hall–Kier alpha value is -4.44. The van der Waals surface area contributed by atoms with E-state index < -0.39 is 0 Å². The number of benzene rings is 2. The molecule has 7 heteroatoms. The maximum absolute atomic E-state index is 12.7. The van der Waals surface area contributed by atoms with Crippen molar-refractivity contribution in [2.45, 2.75) is 20.0 Å². The summed E-state index contributed by atoms with van der Waals surface area (Å²) in [5.41, 5.74) is 3.93. The van der Waals surface area contributed by atoms with Crippen molar-refractivity contribution in [3.63, 3.8) is 0 Å². The van der Waals surface area contributed by atoms with Gasteiger partial charge in [0.05, 0.1) is 17.4 Å². The number of anilines is 1. The second kappa shape index (κ2) is 10.0. The quantitative estimate of drug-likeness (QED) is 0.437. The van der Waals surface area contributed by atoms with Crippen LogP contribution in [-0.2, 0) is 20.1 Å². The third-order valence-corrected chi connectivity index (χ3v) is 5.69. The maximum atomic E-state index is 12.7. The minimum atomic E-state index is -0.160. The predicted octanol–water partition coefficient (Wildman–Crippen LogP) is 3.21. The molecule has 2 heterocycles. The van der Waals surface area contributed by atoms with Crippen LogP contribution in [0.3, 0.4) is 0 Å². The van der Waals surface area contributed by atoms with Crippen LogP contribution in [0.15, 0.2) is 71.8 Å². The van der Waals surface area contributed by atoms with Crippen molar-refractivity contribution in [2.75, 3.05) is 11.4 Å². The highest BCUT2D eigenvalue weighted by Crippen LogP contribution is 2.20. The number of aromatic nitrogens is 3. The van der Waals surface area contributed by atoms with Crippen LogP contribution in [0.1, 0.15) is 27.3 Å². The first kappa shape index (κ1) is 22.7. The van der Waals surface area contributed by atoms with Crippen molar-refractivity contribution in [1.29, 1.82) is 0 Å². The number of rotatable bonds is 7. The van der Waals surface area contributed by atoms with E-state index in [-0.39, 0.29) is 11.5 Å². The molecule has 0 unspecified atom stereocenters. The molecule has 0 fully saturated rings. The number of carbonyl (C=O) groups is 1. The summed E-state index contributed by atoms with van der Waals surface area (Å²) in [7, 11) is 1.72. The van der Waals surface area contributed by atoms with Crippen molar-refractivity contribution in [1.82, 2.24) is 19.9 Å². The summed E-state index contributed by atoms with van der Waals surface area (Å²) in [6.07, 6.45) is 9.04. The molecule has 1 N–H and O–H groups in total. The molecule has 0 spiro atoms. The number of nitrogens with zero attached hydrogens (tertiary/aromatic N) is 4. The molecular formula is C27H25N5O2. The smallest absolute Gasteiger partial charge is 0.261 e. The highest BCUT2D eigenvalue weighted by molar-refractivity contribution is 5.94. The Kier molecular flexibility index (Phi) is 6.69. The van der Waals surface area contributed by atoms with Gasteiger partial charge in [0.15, 0.2) is 0 Å². The average molecular weight is 452 g/mol. The molecule has 0 saturated carbocycles. The van der Waals surface area contributed by atoms with E-state index in [4.69, 9.17) is 6.42 Å². The molecule has 0 aliphatic carbocycles. The lowest BCUT2D eigenvalue weighted by atomic mass is 10.1. The first-order valence-corrected chi connectivity index (χ1v) is 10.9. The molecule has 4 aromatic rings. The van der Waals surface area contributed by atoms with E-state index in [0.29, 0.717) is 41.9 Å². The molecule has 0 aliphatic heterocycles. The van der Waals surface area contributed by atoms with E-state index in [1.807, 2.05) is 54.3 Å². The van der Waals surface area contributed by atoms with Gasteiger partial charge in [-0.25, -0.2) is 4.98 Å². The van der Waals surface area contributed by atoms with Gasteiger partial charge in [-0.2, -0.15) is 0 Å². The van der Waals surface area contributed by atoms with Gasteiger partial charge in [-0.3, -0.25) is 19.1 Å². The predicted molar refractivity (Wildman–Crippen MR) is 133 cm³/mol. The number of nitrogens with one attached hydrogen (secondary N) is 1. The summed E-state index contributed by atoms with van der Waals surface area (Å²) in [6.45, 7) is 3.12. The number of amides is 1. The van der Waals surface area contributed by atoms with Crippen molar-refractivity contribution < 1.29 is 4.79 Å². The molecule has 170 valence electrons. The zero-order valence-electron chi connectivity index (χ0n) is 19.2. The topological polar surface area (TPSA) is 80.1 Å². The highest BCUT2D eigenvalue weighted by atomic mass is 16.1. The van der Waals surface area contributed by atoms with Crippen LogP contribution in [0.2, 0.25) is 0 Å². The molecule has 34 heavy (non-hydrogen) atoms. The van der Waals surface area contributed by atoms with Crippen LogP contribution >= 0.6 is 0 Å². The van der Waals surface area contributed by atoms with Gasteiger partial charge in [0.25, 0.3) is 11.5 Å². The zero-order chi connectivity index (χ0) is 24.1. The highest BCUT2D eigenvalue weighted by Gasteiger charge is 2.12. The third kappa shape index (κ3) is 4.97. The Morgan fingerprint density at radius 3 is 2.65 bits per heavy atom. The summed E-state index contributed by atoms with van der Waals surface area (Å²) >= 11 is 0. The van der Waals surface area contributed by atoms with E-state index in [2.05, 4.69) is 21.2 Å². The van der Waals surface area contributed by atoms with Crippen molar-refractivity contribution in [2.24, 2.45) is 7.05 Å². The fraction of sp³-hybridized carbons (Fsp3) is 0.185. The van der Waals surface area contributed by atoms with Crippen LogP contribution in [0.4, 0.5) is 5.69 Å². The molecule has 0 radical (unpaired) electrons. The fourth-order valence-electron chi connectivity index (χ4n) is 3.71. The number of pyridine rings is 1. The van der Waals surface area contributed by atoms with Gasteiger partial charge in [0.2, 0.25) is 0 Å². The Bertz CT molecular complexity index is 1420. The molecule has 0 aliphatic rings. The van der Waals surface area contributed by atoms with Gasteiger partial charge in [-0.1, -0.05) is 18.1 Å². The minimum absolute atomic E-state index is 0.0745. The summed E-state index contributed by atoms with van der Waals surface area (Å²) in [5, 5.41) is 3.47. The van der Waals surface area contributed by atoms with Crippen LogP contribution < -0.4 is 15.8 Å². The molecule has 1 amide bonds. The van der Waals surface area contributed by atoms with Crippen LogP contribution in [-0.4, -0.2) is 27.0 Å². The molecule has 0 atom stereocenters. The maximum Gasteiger partial charge on any atom is 0.261 e. The number of aryl methyl sites for hydroxylation is 1. The number of carbonyl (C=O) groups excluding carboxylic acids is 1. The number of terminal acetylenes is 1. The minimum Gasteiger partial charge on any atom is -0.356 e. The molecule has 7 nitrogen and oxygen atoms in total. The van der Waals surface area contributed by atoms with Crippen molar-refractivity contribution in [3.8, 4) is 12.3 Å². The molecule has 2 aromatic heterocycles. The van der Waals surface area contributed by atoms with Gasteiger partial charge in [-0.05, 0) is 60.5 Å². The first-order chi connectivity index (χ1) is 16.5. The molecule has 0 bridgehead atoms. The Morgan fingerprint density at radius 2 is 1.94 bits per heavy atom. The normalized spacial score (nSPS) is 10.6. The fourth-order valence-corrected chi connectivity index (χ4v) is 3.71. The lowest BCUT2D eigenvalue weighted by molar-refractivity contribution is 0.0951. The first-order valence-electron chi connectivity index (χ1n) is 10.9. The average Bonchev–Trinajstić information content (AvgIpc) is 2.87. The van der Waals surface area contributed by atoms with E-state index >= 15 is 0 Å². The van der Waals surface area contributed by atoms with Gasteiger partial charge >= 0.3 is 0 Å². The number of hydrogen-bond donors (Lipinski definition) is 1. The summed E-state index contributed by atoms with van der Waals surface area (Å²) < 4.78 is 1.55. The second-order valence-electron chi connectivity index (χ2n) is 8.03. The lowest BCUT2D eigenvalue weighted by Crippen LogP contribution is -2.25. The van der Waals surface area contributed by atoms with Crippen molar-refractivity contribution >= 4 is 22.5 Å². The monoisotopic (exact) mass is 451 g/mol. The standard InChI is InChI=1S/C27H25N5O2/c1-4-14-32(18-20-7-12-25-24(15-20)27(34)31(3)19(2)30-25)23-10-8-22(9-11-23)26(33)29-17-21-6-5-13-28-16-21/h1,5-13,15-16H,14,17-18H2,2-3H3,(H,29,33). The summed E-state index contributed by atoms with van der Waals surface area (Å²) in [4.78, 5) is 35.7. The molecule has 2 aromatic carbocycles. The van der Waals surface area contributed by atoms with E-state index in [9.17, 15) is 9.59 Å². The van der Waals surface area contributed by atoms with Crippen molar-refractivity contribution in [3.05, 3.63) is 99.9 Å². The lowest BCUT2D eigenvalue weighted by Gasteiger charge is -2.23. The zero-order valence-corrected chi connectivity index (χ0v) is 19.2. The largest absolute Gasteiger partial charge is 0.356 e. The van der Waals surface area contributed by atoms with E-state index in [1.54, 1.807) is 36.1 Å². The number of hydrogen-bond acceptors (Lipinski definition) is 5. The van der Waals surface area contributed by atoms with Crippen LogP contribution in [0.25, 0.3) is 10.9 Å². The summed E-state index contributed by atoms with van der Waals surface area (Å²) in [6, 6.07) is 16.7. The van der Waals surface area contributed by atoms with Gasteiger partial charge in [0.1, 0.15) is 5.82 Å². The van der Waals surface area contributed by atoms with Gasteiger partial charge in [-0.15, -0.1) is 6.42 Å². The number of fused-ring (bicyclic) bond motifs is 1. The van der Waals surface area contributed by atoms with Crippen LogP contribution in [0.5, 0.6) is 0 Å². The van der Waals surface area contributed by atoms with Crippen LogP contribution in [0, 0.1) is 19.3 Å². The Morgan fingerprint density at radius 1 is 1.15 bits per heavy atom. The van der Waals surface area contributed by atoms with Gasteiger partial charge < -0.3 is 10.2 Å². The molecule has 0 saturated heterocycles. The Balaban J connectivity index is 1.50. The third-order valence-electron chi connectivity index (χ3n) is 5.69. The summed E-state index contributed by atoms with van der Waals surface area (Å²) in [5.74, 6) is 3.20. The van der Waals surface area contributed by atoms with E-state index in [0.717, 1.165) is 16.8 Å².